The van der Waals surface area contributed by atoms with Crippen LogP contribution in [0.4, 0.5) is 0 Å². The molecule has 2 atom stereocenters. The Morgan fingerprint density at radius 3 is 2.65 bits per heavy atom. The fraction of sp³-hybridized carbons (Fsp3) is 0.500. The largest absolute Gasteiger partial charge is 0.385 e. The van der Waals surface area contributed by atoms with Gasteiger partial charge in [-0.25, -0.2) is 0 Å². The maximum Gasteiger partial charge on any atom is 0.0943 e. The van der Waals surface area contributed by atoms with Crippen LogP contribution in [0.15, 0.2) is 36.5 Å². The first-order valence-electron chi connectivity index (χ1n) is 7.49. The van der Waals surface area contributed by atoms with E-state index in [4.69, 9.17) is 0 Å². The molecule has 1 aromatic carbocycles. The molecule has 20 heavy (non-hydrogen) atoms. The van der Waals surface area contributed by atoms with Crippen molar-refractivity contribution in [2.75, 3.05) is 0 Å². The molecule has 0 spiro atoms. The van der Waals surface area contributed by atoms with Crippen molar-refractivity contribution in [2.45, 2.75) is 45.6 Å². The van der Waals surface area contributed by atoms with Gasteiger partial charge in [0.25, 0.3) is 0 Å². The Morgan fingerprint density at radius 2 is 1.90 bits per heavy atom. The van der Waals surface area contributed by atoms with E-state index >= 15 is 0 Å². The molecule has 2 unspecified atom stereocenters. The highest BCUT2D eigenvalue weighted by Gasteiger charge is 2.44. The Balaban J connectivity index is 2.10. The summed E-state index contributed by atoms with van der Waals surface area (Å²) in [5, 5.41) is 12.4. The molecule has 2 aromatic rings. The summed E-state index contributed by atoms with van der Waals surface area (Å²) in [6.07, 6.45) is 4.73. The molecule has 0 aliphatic heterocycles. The lowest BCUT2D eigenvalue weighted by Gasteiger charge is -2.45. The molecular formula is C18H23NO. The summed E-state index contributed by atoms with van der Waals surface area (Å²) in [5.41, 5.74) is 1.52. The first-order valence-corrected chi connectivity index (χ1v) is 7.49. The van der Waals surface area contributed by atoms with Crippen LogP contribution < -0.4 is 0 Å². The van der Waals surface area contributed by atoms with Gasteiger partial charge in [0.2, 0.25) is 0 Å². The van der Waals surface area contributed by atoms with E-state index in [9.17, 15) is 5.11 Å². The zero-order chi connectivity index (χ0) is 14.4. The molecule has 1 fully saturated rings. The normalized spacial score (nSPS) is 29.5. The number of benzene rings is 1. The van der Waals surface area contributed by atoms with Crippen LogP contribution >= 0.6 is 0 Å². The molecule has 2 heteroatoms. The summed E-state index contributed by atoms with van der Waals surface area (Å²) in [5.74, 6) is 0.249. The number of fused-ring (bicyclic) bond motifs is 1. The van der Waals surface area contributed by atoms with Crippen LogP contribution in [0, 0.1) is 11.3 Å². The van der Waals surface area contributed by atoms with Crippen molar-refractivity contribution in [1.29, 1.82) is 0 Å². The molecule has 0 amide bonds. The molecule has 1 aliphatic carbocycles. The van der Waals surface area contributed by atoms with Crippen LogP contribution in [-0.2, 0) is 5.60 Å². The molecule has 3 rings (SSSR count). The minimum absolute atomic E-state index is 0.249. The van der Waals surface area contributed by atoms with E-state index < -0.39 is 5.60 Å². The molecule has 0 bridgehead atoms. The van der Waals surface area contributed by atoms with Crippen molar-refractivity contribution in [3.8, 4) is 0 Å². The fourth-order valence-electron chi connectivity index (χ4n) is 3.73. The number of pyridine rings is 1. The number of aliphatic hydroxyl groups is 1. The molecule has 106 valence electrons. The number of hydrogen-bond acceptors (Lipinski definition) is 2. The Bertz CT molecular complexity index is 629. The van der Waals surface area contributed by atoms with Gasteiger partial charge in [0.15, 0.2) is 0 Å². The highest BCUT2D eigenvalue weighted by Crippen LogP contribution is 2.49. The molecule has 1 N–H and O–H groups in total. The predicted molar refractivity (Wildman–Crippen MR) is 82.4 cm³/mol. The second-order valence-electron chi connectivity index (χ2n) is 7.07. The van der Waals surface area contributed by atoms with Crippen LogP contribution in [0.2, 0.25) is 0 Å². The van der Waals surface area contributed by atoms with Gasteiger partial charge in [0, 0.05) is 17.1 Å². The standard InChI is InChI=1S/C18H23NO/c1-13-12-17(2,3)9-10-18(13,20)15-8-4-6-14-7-5-11-19-16(14)15/h4-8,11,13,20H,9-10,12H2,1-3H3. The average Bonchev–Trinajstić information content (AvgIpc) is 2.42. The molecule has 0 saturated heterocycles. The number of nitrogens with zero attached hydrogens (tertiary/aromatic N) is 1. The Kier molecular flexibility index (Phi) is 3.09. The van der Waals surface area contributed by atoms with Crippen molar-refractivity contribution in [3.63, 3.8) is 0 Å². The molecule has 1 saturated carbocycles. The number of aromatic nitrogens is 1. The van der Waals surface area contributed by atoms with Gasteiger partial charge >= 0.3 is 0 Å². The van der Waals surface area contributed by atoms with Crippen molar-refractivity contribution in [3.05, 3.63) is 42.1 Å². The minimum atomic E-state index is -0.747. The average molecular weight is 269 g/mol. The number of para-hydroxylation sites is 1. The van der Waals surface area contributed by atoms with E-state index in [1.165, 1.54) is 0 Å². The minimum Gasteiger partial charge on any atom is -0.385 e. The third-order valence-corrected chi connectivity index (χ3v) is 4.96. The first-order chi connectivity index (χ1) is 9.42. The van der Waals surface area contributed by atoms with E-state index in [-0.39, 0.29) is 5.92 Å². The van der Waals surface area contributed by atoms with Gasteiger partial charge in [0.1, 0.15) is 0 Å². The summed E-state index contributed by atoms with van der Waals surface area (Å²) >= 11 is 0. The second-order valence-corrected chi connectivity index (χ2v) is 7.07. The summed E-state index contributed by atoms with van der Waals surface area (Å²) in [4.78, 5) is 4.51. The highest BCUT2D eigenvalue weighted by atomic mass is 16.3. The van der Waals surface area contributed by atoms with Crippen molar-refractivity contribution in [1.82, 2.24) is 4.98 Å². The van der Waals surface area contributed by atoms with Gasteiger partial charge < -0.3 is 5.11 Å². The summed E-state index contributed by atoms with van der Waals surface area (Å²) in [6, 6.07) is 10.1. The smallest absolute Gasteiger partial charge is 0.0943 e. The Hall–Kier alpha value is -1.41. The van der Waals surface area contributed by atoms with Crippen molar-refractivity contribution < 1.29 is 5.11 Å². The molecule has 2 nitrogen and oxygen atoms in total. The zero-order valence-electron chi connectivity index (χ0n) is 12.6. The van der Waals surface area contributed by atoms with Crippen LogP contribution in [0.1, 0.15) is 45.6 Å². The second kappa shape index (κ2) is 4.56. The fourth-order valence-corrected chi connectivity index (χ4v) is 3.73. The lowest BCUT2D eigenvalue weighted by molar-refractivity contribution is -0.0760. The van der Waals surface area contributed by atoms with E-state index in [2.05, 4.69) is 37.9 Å². The van der Waals surface area contributed by atoms with Gasteiger partial charge in [-0.1, -0.05) is 45.0 Å². The zero-order valence-corrected chi connectivity index (χ0v) is 12.6. The predicted octanol–water partition coefficient (Wildman–Crippen LogP) is 4.27. The molecule has 0 radical (unpaired) electrons. The van der Waals surface area contributed by atoms with Gasteiger partial charge in [0.05, 0.1) is 11.1 Å². The van der Waals surface area contributed by atoms with Crippen LogP contribution in [-0.4, -0.2) is 10.1 Å². The molecule has 1 heterocycles. The topological polar surface area (TPSA) is 33.1 Å². The molecule has 1 aliphatic rings. The summed E-state index contributed by atoms with van der Waals surface area (Å²) in [7, 11) is 0. The van der Waals surface area contributed by atoms with Crippen LogP contribution in [0.5, 0.6) is 0 Å². The number of rotatable bonds is 1. The van der Waals surface area contributed by atoms with Gasteiger partial charge in [-0.05, 0) is 36.7 Å². The summed E-state index contributed by atoms with van der Waals surface area (Å²) in [6.45, 7) is 6.76. The monoisotopic (exact) mass is 269 g/mol. The quantitative estimate of drug-likeness (QED) is 0.838. The molecule has 1 aromatic heterocycles. The molecular weight excluding hydrogens is 246 g/mol. The summed E-state index contributed by atoms with van der Waals surface area (Å²) < 4.78 is 0. The van der Waals surface area contributed by atoms with Crippen molar-refractivity contribution in [2.24, 2.45) is 11.3 Å². The lowest BCUT2D eigenvalue weighted by atomic mass is 9.63. The number of hydrogen-bond donors (Lipinski definition) is 1. The Labute approximate surface area is 120 Å². The van der Waals surface area contributed by atoms with Crippen LogP contribution in [0.25, 0.3) is 10.9 Å². The first kappa shape index (κ1) is 13.6. The van der Waals surface area contributed by atoms with Crippen molar-refractivity contribution >= 4 is 10.9 Å². The SMILES string of the molecule is CC1CC(C)(C)CCC1(O)c1cccc2cccnc12. The maximum atomic E-state index is 11.3. The van der Waals surface area contributed by atoms with Crippen LogP contribution in [0.3, 0.4) is 0 Å². The Morgan fingerprint density at radius 1 is 1.15 bits per heavy atom. The van der Waals surface area contributed by atoms with Gasteiger partial charge in [-0.15, -0.1) is 0 Å². The van der Waals surface area contributed by atoms with Gasteiger partial charge in [-0.3, -0.25) is 4.98 Å². The highest BCUT2D eigenvalue weighted by molar-refractivity contribution is 5.82. The van der Waals surface area contributed by atoms with E-state index in [1.54, 1.807) is 0 Å². The van der Waals surface area contributed by atoms with E-state index in [0.29, 0.717) is 5.41 Å². The van der Waals surface area contributed by atoms with E-state index in [0.717, 1.165) is 35.7 Å². The maximum absolute atomic E-state index is 11.3. The third kappa shape index (κ3) is 2.12. The lowest BCUT2D eigenvalue weighted by Crippen LogP contribution is -2.41. The van der Waals surface area contributed by atoms with E-state index in [1.807, 2.05) is 24.4 Å². The van der Waals surface area contributed by atoms with Gasteiger partial charge in [-0.2, -0.15) is 0 Å². The third-order valence-electron chi connectivity index (χ3n) is 4.96.